The van der Waals surface area contributed by atoms with Gasteiger partial charge in [0.15, 0.2) is 11.5 Å². The first-order chi connectivity index (χ1) is 19.6. The Hall–Kier alpha value is -2.86. The molecule has 2 atom stereocenters. The van der Waals surface area contributed by atoms with Gasteiger partial charge in [0.2, 0.25) is 0 Å². The lowest BCUT2D eigenvalue weighted by atomic mass is 9.85. The highest BCUT2D eigenvalue weighted by Gasteiger charge is 2.39. The number of halogens is 4. The van der Waals surface area contributed by atoms with Gasteiger partial charge in [0, 0.05) is 27.6 Å². The fourth-order valence-electron chi connectivity index (χ4n) is 4.85. The van der Waals surface area contributed by atoms with Crippen LogP contribution in [0.4, 0.5) is 8.78 Å². The van der Waals surface area contributed by atoms with Crippen molar-refractivity contribution in [1.29, 1.82) is 0 Å². The fraction of sp³-hybridized carbons (Fsp3) is 0.393. The van der Waals surface area contributed by atoms with Gasteiger partial charge in [-0.25, -0.2) is 0 Å². The number of hydroxylamine groups is 2. The zero-order chi connectivity index (χ0) is 29.8. The lowest BCUT2D eigenvalue weighted by Gasteiger charge is -2.30. The number of hydrogen-bond acceptors (Lipinski definition) is 8. The highest BCUT2D eigenvalue weighted by atomic mass is 35.5. The van der Waals surface area contributed by atoms with Gasteiger partial charge in [0.25, 0.3) is 0 Å². The Labute approximate surface area is 250 Å². The average molecular weight is 633 g/mol. The second-order valence-electron chi connectivity index (χ2n) is 9.41. The smallest absolute Gasteiger partial charge is 0.387 e. The van der Waals surface area contributed by atoms with Crippen molar-refractivity contribution >= 4 is 40.9 Å². The first-order valence-electron chi connectivity index (χ1n) is 12.6. The van der Waals surface area contributed by atoms with Crippen LogP contribution in [0.15, 0.2) is 57.1 Å². The molecule has 8 nitrogen and oxygen atoms in total. The molecule has 0 spiro atoms. The first kappa shape index (κ1) is 31.1. The lowest BCUT2D eigenvalue weighted by Crippen LogP contribution is -2.27. The Morgan fingerprint density at radius 3 is 2.32 bits per heavy atom. The lowest BCUT2D eigenvalue weighted by molar-refractivity contribution is -0.136. The standard InChI is InChI=1S/C28H29Cl2F2NO7S/c1-37-21-8-6-15(10-23(21)38-2)41-26(27(34)35)17(11-18-19(29)12-33(36)13-20(18)30)16-7-9-22(40-28(31)32)24(14-4-5-14)25(16)39-3/h6-10,12,14,17,26,28,36H,4-5,11,13H2,1-3H3,(H,34,35). The summed E-state index contributed by atoms with van der Waals surface area (Å²) in [4.78, 5) is 13.5. The molecule has 1 fully saturated rings. The second kappa shape index (κ2) is 13.4. The van der Waals surface area contributed by atoms with Crippen molar-refractivity contribution in [2.24, 2.45) is 0 Å². The minimum atomic E-state index is -3.04. The van der Waals surface area contributed by atoms with Gasteiger partial charge in [-0.3, -0.25) is 15.1 Å². The van der Waals surface area contributed by atoms with Gasteiger partial charge in [-0.2, -0.15) is 8.78 Å². The van der Waals surface area contributed by atoms with Crippen LogP contribution in [-0.4, -0.2) is 61.1 Å². The Kier molecular flexibility index (Phi) is 10.2. The van der Waals surface area contributed by atoms with Crippen LogP contribution in [0.25, 0.3) is 0 Å². The number of rotatable bonds is 13. The molecule has 0 radical (unpaired) electrons. The number of thioether (sulfide) groups is 1. The average Bonchev–Trinajstić information content (AvgIpc) is 3.76. The Bertz CT molecular complexity index is 1350. The van der Waals surface area contributed by atoms with E-state index < -0.39 is 23.7 Å². The van der Waals surface area contributed by atoms with Crippen molar-refractivity contribution in [3.8, 4) is 23.0 Å². The van der Waals surface area contributed by atoms with E-state index >= 15 is 0 Å². The number of alkyl halides is 2. The van der Waals surface area contributed by atoms with E-state index in [1.54, 1.807) is 24.3 Å². The van der Waals surface area contributed by atoms with Crippen LogP contribution in [-0.2, 0) is 4.79 Å². The molecule has 0 saturated heterocycles. The summed E-state index contributed by atoms with van der Waals surface area (Å²) < 4.78 is 47.8. The van der Waals surface area contributed by atoms with Crippen molar-refractivity contribution in [2.45, 2.75) is 47.9 Å². The molecule has 2 unspecified atom stereocenters. The van der Waals surface area contributed by atoms with Crippen molar-refractivity contribution < 1.29 is 42.8 Å². The van der Waals surface area contributed by atoms with E-state index in [4.69, 9.17) is 42.1 Å². The summed E-state index contributed by atoms with van der Waals surface area (Å²) in [5, 5.41) is 20.6. The van der Waals surface area contributed by atoms with Crippen LogP contribution >= 0.6 is 35.0 Å². The number of nitrogens with zero attached hydrogens (tertiary/aromatic N) is 1. The molecule has 0 bridgehead atoms. The zero-order valence-corrected chi connectivity index (χ0v) is 24.7. The van der Waals surface area contributed by atoms with E-state index in [1.165, 1.54) is 33.6 Å². The highest BCUT2D eigenvalue weighted by Crippen LogP contribution is 2.53. The van der Waals surface area contributed by atoms with Crippen LogP contribution < -0.4 is 18.9 Å². The summed E-state index contributed by atoms with van der Waals surface area (Å²) in [6, 6.07) is 8.04. The molecule has 1 aliphatic heterocycles. The SMILES string of the molecule is COc1ccc(SC(C(=O)O)C(CC2=C(Cl)CN(O)C=C2Cl)c2ccc(OC(F)F)c(C3CC3)c2OC)cc1OC. The number of methoxy groups -OCH3 is 3. The Balaban J connectivity index is 1.86. The first-order valence-corrected chi connectivity index (χ1v) is 14.2. The molecule has 222 valence electrons. The van der Waals surface area contributed by atoms with Gasteiger partial charge in [-0.1, -0.05) is 29.3 Å². The van der Waals surface area contributed by atoms with E-state index in [0.717, 1.165) is 29.7 Å². The highest BCUT2D eigenvalue weighted by molar-refractivity contribution is 8.00. The molecule has 2 N–H and O–H groups in total. The molecular weight excluding hydrogens is 603 g/mol. The summed E-state index contributed by atoms with van der Waals surface area (Å²) in [5.74, 6) is -0.826. The summed E-state index contributed by atoms with van der Waals surface area (Å²) >= 11 is 14.0. The largest absolute Gasteiger partial charge is 0.496 e. The number of carboxylic acid groups (broad SMARTS) is 1. The van der Waals surface area contributed by atoms with Gasteiger partial charge in [0.05, 0.1) is 32.9 Å². The number of aliphatic carboxylic acids is 1. The van der Waals surface area contributed by atoms with E-state index in [0.29, 0.717) is 33.1 Å². The number of ether oxygens (including phenoxy) is 4. The maximum Gasteiger partial charge on any atom is 0.387 e. The predicted molar refractivity (Wildman–Crippen MR) is 151 cm³/mol. The molecule has 41 heavy (non-hydrogen) atoms. The van der Waals surface area contributed by atoms with Crippen LogP contribution in [0.3, 0.4) is 0 Å². The normalized spacial score (nSPS) is 16.8. The third kappa shape index (κ3) is 7.14. The van der Waals surface area contributed by atoms with E-state index in [-0.39, 0.29) is 40.4 Å². The number of carboxylic acids is 1. The van der Waals surface area contributed by atoms with Crippen LogP contribution in [0, 0.1) is 0 Å². The van der Waals surface area contributed by atoms with Gasteiger partial charge in [-0.15, -0.1) is 11.8 Å². The molecule has 0 amide bonds. The number of carbonyl (C=O) groups is 1. The Morgan fingerprint density at radius 2 is 1.76 bits per heavy atom. The fourth-order valence-corrected chi connectivity index (χ4v) is 6.62. The Morgan fingerprint density at radius 1 is 1.07 bits per heavy atom. The molecule has 4 rings (SSSR count). The van der Waals surface area contributed by atoms with Crippen molar-refractivity contribution in [1.82, 2.24) is 5.06 Å². The van der Waals surface area contributed by atoms with Crippen molar-refractivity contribution in [2.75, 3.05) is 27.9 Å². The summed E-state index contributed by atoms with van der Waals surface area (Å²) in [6.07, 6.45) is 2.85. The van der Waals surface area contributed by atoms with Crippen LogP contribution in [0.1, 0.15) is 42.2 Å². The van der Waals surface area contributed by atoms with Crippen LogP contribution in [0.2, 0.25) is 0 Å². The molecular formula is C28H29Cl2F2NO7S. The van der Waals surface area contributed by atoms with E-state index in [2.05, 4.69) is 0 Å². The molecule has 13 heteroatoms. The third-order valence-electron chi connectivity index (χ3n) is 6.82. The summed E-state index contributed by atoms with van der Waals surface area (Å²) in [5.41, 5.74) is 1.40. The van der Waals surface area contributed by atoms with Gasteiger partial charge >= 0.3 is 12.6 Å². The number of allylic oxidation sites excluding steroid dienone is 2. The topological polar surface area (TPSA) is 97.7 Å². The molecule has 2 aromatic rings. The molecule has 1 aliphatic carbocycles. The summed E-state index contributed by atoms with van der Waals surface area (Å²) in [6.45, 7) is -3.07. The van der Waals surface area contributed by atoms with Gasteiger partial charge in [-0.05, 0) is 60.6 Å². The predicted octanol–water partition coefficient (Wildman–Crippen LogP) is 7.19. The maximum absolute atomic E-state index is 13.3. The van der Waals surface area contributed by atoms with E-state index in [9.17, 15) is 23.9 Å². The quantitative estimate of drug-likeness (QED) is 0.223. The third-order valence-corrected chi connectivity index (χ3v) is 8.81. The zero-order valence-electron chi connectivity index (χ0n) is 22.4. The molecule has 1 heterocycles. The van der Waals surface area contributed by atoms with Gasteiger partial charge < -0.3 is 24.1 Å². The molecule has 2 aliphatic rings. The van der Waals surface area contributed by atoms with Crippen LogP contribution in [0.5, 0.6) is 23.0 Å². The molecule has 0 aromatic heterocycles. The maximum atomic E-state index is 13.3. The molecule has 2 aromatic carbocycles. The minimum Gasteiger partial charge on any atom is -0.496 e. The van der Waals surface area contributed by atoms with Crippen molar-refractivity contribution in [3.63, 3.8) is 0 Å². The van der Waals surface area contributed by atoms with Crippen molar-refractivity contribution in [3.05, 3.63) is 63.3 Å². The van der Waals surface area contributed by atoms with E-state index in [1.807, 2.05) is 0 Å². The summed E-state index contributed by atoms with van der Waals surface area (Å²) in [7, 11) is 4.39. The number of hydrogen-bond donors (Lipinski definition) is 2. The van der Waals surface area contributed by atoms with Gasteiger partial charge in [0.1, 0.15) is 16.7 Å². The second-order valence-corrected chi connectivity index (χ2v) is 11.5. The number of benzene rings is 2. The minimum absolute atomic E-state index is 0.00923. The molecule has 1 saturated carbocycles. The monoisotopic (exact) mass is 631 g/mol.